The van der Waals surface area contributed by atoms with E-state index in [2.05, 4.69) is 81.7 Å². The zero-order valence-electron chi connectivity index (χ0n) is 16.7. The quantitative estimate of drug-likeness (QED) is 0.434. The third kappa shape index (κ3) is 4.60. The molecule has 0 bridgehead atoms. The van der Waals surface area contributed by atoms with Gasteiger partial charge in [-0.2, -0.15) is 0 Å². The van der Waals surface area contributed by atoms with Gasteiger partial charge < -0.3 is 0 Å². The molecule has 6 heteroatoms. The molecule has 0 N–H and O–H groups in total. The monoisotopic (exact) mass is 454 g/mol. The van der Waals surface area contributed by atoms with Crippen LogP contribution < -0.4 is 0 Å². The summed E-state index contributed by atoms with van der Waals surface area (Å²) < 4.78 is 3.79. The van der Waals surface area contributed by atoms with Gasteiger partial charge in [-0.05, 0) is 0 Å². The molecule has 0 aliphatic heterocycles. The zero-order chi connectivity index (χ0) is 17.0. The van der Waals surface area contributed by atoms with Gasteiger partial charge >= 0.3 is 143 Å². The van der Waals surface area contributed by atoms with Crippen molar-refractivity contribution in [3.8, 4) is 0 Å². The first kappa shape index (κ1) is 24.9. The van der Waals surface area contributed by atoms with Crippen LogP contribution >= 0.6 is 24.8 Å². The first-order valence-electron chi connectivity index (χ1n) is 8.62. The maximum atomic E-state index is 2.70. The summed E-state index contributed by atoms with van der Waals surface area (Å²) in [5.74, 6) is 0. The molecule has 0 heterocycles. The number of halogens is 2. The average Bonchev–Trinajstić information content (AvgIpc) is 2.97. The Kier molecular flexibility index (Phi) is 7.78. The van der Waals surface area contributed by atoms with E-state index in [9.17, 15) is 0 Å². The van der Waals surface area contributed by atoms with Crippen molar-refractivity contribution in [1.82, 2.24) is 0 Å². The minimum Gasteiger partial charge on any atom is -0.147 e. The standard InChI is InChI=1S/2C8H13Si.2CH3.2ClH.H2Si.Ti/c2*1-9(2,3)8-6-4-5-7-8;;;;;;/h2*4,6H,5H2,1-3H3;2*1H3;2*1H;1H2;. The molecule has 0 nitrogen and oxygen atoms in total. The van der Waals surface area contributed by atoms with Crippen LogP contribution in [0.5, 0.6) is 0 Å². The second-order valence-corrected chi connectivity index (χ2v) is 39.3. The molecule has 0 radical (unpaired) electrons. The second kappa shape index (κ2) is 7.50. The van der Waals surface area contributed by atoms with E-state index in [0.717, 1.165) is 0 Å². The van der Waals surface area contributed by atoms with Gasteiger partial charge in [0.1, 0.15) is 0 Å². The molecule has 2 aliphatic rings. The van der Waals surface area contributed by atoms with Crippen molar-refractivity contribution in [3.63, 3.8) is 0 Å². The van der Waals surface area contributed by atoms with Gasteiger partial charge in [0.05, 0.1) is 0 Å². The summed E-state index contributed by atoms with van der Waals surface area (Å²) in [5.41, 5.74) is 0. The van der Waals surface area contributed by atoms with Crippen LogP contribution in [0.15, 0.2) is 42.5 Å². The molecular weight excluding hydrogens is 419 g/mol. The van der Waals surface area contributed by atoms with Crippen molar-refractivity contribution < 1.29 is 14.0 Å². The second-order valence-electron chi connectivity index (χ2n) is 10.2. The van der Waals surface area contributed by atoms with E-state index >= 15 is 0 Å². The summed E-state index contributed by atoms with van der Waals surface area (Å²) in [5, 5.41) is 8.94. The summed E-state index contributed by atoms with van der Waals surface area (Å²) in [4.78, 5) is 0. The van der Waals surface area contributed by atoms with Crippen LogP contribution in [0.1, 0.15) is 12.8 Å². The van der Waals surface area contributed by atoms with Gasteiger partial charge in [0, 0.05) is 0 Å². The largest absolute Gasteiger partial charge is 0.147 e. The molecule has 0 unspecified atom stereocenters. The molecule has 2 rings (SSSR count). The topological polar surface area (TPSA) is 0 Å². The summed E-state index contributed by atoms with van der Waals surface area (Å²) in [6.45, 7) is 15.1. The molecular formula is C18H36Cl2Si3Ti. The Morgan fingerprint density at radius 2 is 1.04 bits per heavy atom. The van der Waals surface area contributed by atoms with E-state index in [0.29, 0.717) is 0 Å². The van der Waals surface area contributed by atoms with Gasteiger partial charge in [-0.3, -0.25) is 0 Å². The molecule has 0 amide bonds. The SMILES string of the molecule is C[Si](C)(C)C1=[C]([Ti]([CH3])([CH3])(=[SiH2])[C]2=C([Si](C)(C)C)C=CC2)CC=C1.Cl.Cl. The van der Waals surface area contributed by atoms with Crippen LogP contribution in [-0.2, 0) is 14.0 Å². The molecule has 24 heavy (non-hydrogen) atoms. The van der Waals surface area contributed by atoms with Crippen molar-refractivity contribution in [2.75, 3.05) is 0 Å². The Balaban J connectivity index is 0.00000264. The van der Waals surface area contributed by atoms with Gasteiger partial charge in [0.25, 0.3) is 0 Å². The summed E-state index contributed by atoms with van der Waals surface area (Å²) in [6.07, 6.45) is 12.3. The molecule has 0 aromatic heterocycles. The average molecular weight is 456 g/mol. The number of hydrogen-bond donors (Lipinski definition) is 0. The Morgan fingerprint density at radius 3 is 1.29 bits per heavy atom. The van der Waals surface area contributed by atoms with Gasteiger partial charge in [0.15, 0.2) is 0 Å². The Labute approximate surface area is 166 Å². The third-order valence-corrected chi connectivity index (χ3v) is 21.4. The predicted octanol–water partition coefficient (Wildman–Crippen LogP) is 6.35. The molecule has 0 saturated carbocycles. The van der Waals surface area contributed by atoms with Crippen LogP contribution in [0.2, 0.25) is 49.7 Å². The van der Waals surface area contributed by atoms with Gasteiger partial charge in [-0.15, -0.1) is 24.8 Å². The van der Waals surface area contributed by atoms with Crippen LogP contribution in [0.25, 0.3) is 0 Å². The molecule has 0 atom stereocenters. The summed E-state index contributed by atoms with van der Waals surface area (Å²) >= 11 is -2.75. The third-order valence-electron chi connectivity index (χ3n) is 5.41. The van der Waals surface area contributed by atoms with Crippen LogP contribution in [-0.4, -0.2) is 23.8 Å². The van der Waals surface area contributed by atoms with Crippen LogP contribution in [0.4, 0.5) is 0 Å². The number of rotatable bonds is 4. The van der Waals surface area contributed by atoms with Crippen molar-refractivity contribution in [1.29, 1.82) is 0 Å². The Hall–Kier alpha value is 0.905. The molecule has 0 aromatic carbocycles. The van der Waals surface area contributed by atoms with Crippen LogP contribution in [0.3, 0.4) is 0 Å². The van der Waals surface area contributed by atoms with Crippen LogP contribution in [0, 0.1) is 0 Å². The molecule has 138 valence electrons. The molecule has 0 saturated heterocycles. The van der Waals surface area contributed by atoms with E-state index < -0.39 is 30.2 Å². The van der Waals surface area contributed by atoms with E-state index in [1.54, 1.807) is 10.4 Å². The molecule has 0 spiro atoms. The van der Waals surface area contributed by atoms with E-state index in [1.165, 1.54) is 12.8 Å². The van der Waals surface area contributed by atoms with Crippen molar-refractivity contribution in [3.05, 3.63) is 42.5 Å². The maximum absolute atomic E-state index is 2.75. The minimum atomic E-state index is -2.75. The zero-order valence-corrected chi connectivity index (χ0v) is 23.4. The van der Waals surface area contributed by atoms with E-state index in [-0.39, 0.29) is 24.8 Å². The van der Waals surface area contributed by atoms with E-state index in [4.69, 9.17) is 0 Å². The predicted molar refractivity (Wildman–Crippen MR) is 123 cm³/mol. The molecule has 0 fully saturated rings. The molecule has 2 aliphatic carbocycles. The minimum absolute atomic E-state index is 0. The smallest absolute Gasteiger partial charge is 0.147 e. The van der Waals surface area contributed by atoms with Gasteiger partial charge in [-0.25, -0.2) is 0 Å². The van der Waals surface area contributed by atoms with Gasteiger partial charge in [0.2, 0.25) is 0 Å². The summed E-state index contributed by atoms with van der Waals surface area (Å²) in [7, 11) is -0.0773. The Morgan fingerprint density at radius 1 is 0.750 bits per heavy atom. The summed E-state index contributed by atoms with van der Waals surface area (Å²) in [6, 6.07) is 0. The number of hydrogen-bond acceptors (Lipinski definition) is 0. The maximum Gasteiger partial charge on any atom is -0.147 e. The van der Waals surface area contributed by atoms with Crippen molar-refractivity contribution in [2.45, 2.75) is 62.6 Å². The van der Waals surface area contributed by atoms with Gasteiger partial charge in [-0.1, -0.05) is 0 Å². The Bertz CT molecular complexity index is 639. The normalized spacial score (nSPS) is 18.9. The fraction of sp³-hybridized carbons (Fsp3) is 0.556. The van der Waals surface area contributed by atoms with E-state index in [1.807, 2.05) is 7.76 Å². The fourth-order valence-corrected chi connectivity index (χ4v) is 24.3. The van der Waals surface area contributed by atoms with Crippen molar-refractivity contribution >= 4 is 48.6 Å². The van der Waals surface area contributed by atoms with Crippen molar-refractivity contribution in [2.24, 2.45) is 0 Å². The fourth-order valence-electron chi connectivity index (χ4n) is 4.12. The first-order chi connectivity index (χ1) is 9.74. The number of allylic oxidation sites excluding steroid dienone is 8. The first-order valence-corrected chi connectivity index (χ1v) is 24.3. The molecule has 0 aromatic rings.